The number of rotatable bonds is 15. The predicted octanol–water partition coefficient (Wildman–Crippen LogP) is 9.96. The zero-order valence-electron chi connectivity index (χ0n) is 36.1. The van der Waals surface area contributed by atoms with Crippen molar-refractivity contribution in [3.8, 4) is 46.9 Å². The monoisotopic (exact) mass is 934 g/mol. The predicted molar refractivity (Wildman–Crippen MR) is 245 cm³/mol. The Labute approximate surface area is 376 Å². The van der Waals surface area contributed by atoms with E-state index in [1.165, 1.54) is 0 Å². The summed E-state index contributed by atoms with van der Waals surface area (Å²) in [6.45, 7) is 10.9. The van der Waals surface area contributed by atoms with Gasteiger partial charge in [-0.05, 0) is 79.9 Å². The second kappa shape index (κ2) is 21.6. The maximum atomic E-state index is 12.8. The van der Waals surface area contributed by atoms with Gasteiger partial charge in [-0.3, -0.25) is 14.5 Å². The molecule has 2 aromatic carbocycles. The van der Waals surface area contributed by atoms with Crippen molar-refractivity contribution in [1.82, 2.24) is 5.48 Å². The van der Waals surface area contributed by atoms with Gasteiger partial charge in [-0.15, -0.1) is 13.9 Å². The molecule has 1 aliphatic carbocycles. The van der Waals surface area contributed by atoms with Crippen LogP contribution in [0.4, 0.5) is 11.4 Å². The molecule has 3 aliphatic rings. The lowest BCUT2D eigenvalue weighted by Gasteiger charge is -2.30. The molecule has 0 saturated carbocycles. The Balaban J connectivity index is 1.64. The molecule has 15 heteroatoms. The summed E-state index contributed by atoms with van der Waals surface area (Å²) in [6, 6.07) is 14.0. The molecule has 61 heavy (non-hydrogen) atoms. The largest absolute Gasteiger partial charge is 0.493 e. The van der Waals surface area contributed by atoms with Crippen LogP contribution in [0.1, 0.15) is 90.7 Å². The van der Waals surface area contributed by atoms with Gasteiger partial charge in [0.05, 0.1) is 63.6 Å². The third-order valence-corrected chi connectivity index (χ3v) is 13.4. The minimum absolute atomic E-state index is 0.0914. The molecule has 2 aromatic rings. The Bertz CT molecular complexity index is 2300. The lowest BCUT2D eigenvalue weighted by atomic mass is 9.73. The van der Waals surface area contributed by atoms with Crippen molar-refractivity contribution < 1.29 is 47.0 Å². The summed E-state index contributed by atoms with van der Waals surface area (Å²) in [4.78, 5) is 31.8. The molecule has 2 aliphatic heterocycles. The number of benzene rings is 2. The number of hydroxylamine groups is 1. The Morgan fingerprint density at radius 3 is 2.07 bits per heavy atom. The lowest BCUT2D eigenvalue weighted by Crippen LogP contribution is -2.32. The first-order valence-corrected chi connectivity index (χ1v) is 22.5. The first-order chi connectivity index (χ1) is 29.5. The molecular formula is C46H53BrN3O9S2+. The van der Waals surface area contributed by atoms with E-state index in [1.807, 2.05) is 40.7 Å². The smallest absolute Gasteiger partial charge is 0.295 e. The molecule has 5 rings (SSSR count). The first-order valence-electron chi connectivity index (χ1n) is 20.2. The van der Waals surface area contributed by atoms with Crippen molar-refractivity contribution in [2.45, 2.75) is 90.4 Å². The van der Waals surface area contributed by atoms with Crippen LogP contribution >= 0.6 is 40.0 Å². The fourth-order valence-electron chi connectivity index (χ4n) is 8.48. The van der Waals surface area contributed by atoms with Gasteiger partial charge in [-0.1, -0.05) is 62.7 Å². The molecule has 0 amide bonds. The topological polar surface area (TPSA) is 128 Å². The fourth-order valence-corrected chi connectivity index (χ4v) is 9.46. The molecule has 0 bridgehead atoms. The van der Waals surface area contributed by atoms with Crippen LogP contribution in [-0.4, -0.2) is 60.1 Å². The number of hydrogen-bond acceptors (Lipinski definition) is 13. The average Bonchev–Trinajstić information content (AvgIpc) is 3.70. The Kier molecular flexibility index (Phi) is 16.8. The number of fused-ring (bicyclic) bond motifs is 2. The standard InChI is InChI=1S/C46H52BrN3O9S2/c1-10-45(11-2)32-26-36(54-6)38(56-8)28-34(32)49(24-22-42(51)60-53)40(45)20-18-30-16-15-17-31(44(30)47)19-21-41-46(12-3,13-4)33-27-37(55-7)39(57-9)29-35(33)50(41)25-23-43(52)61-59-58-48-14-5/h18-21,26-29,48H,10-17H2,1-9H3/p+1. The van der Waals surface area contributed by atoms with E-state index in [0.717, 1.165) is 94.5 Å². The lowest BCUT2D eigenvalue weighted by molar-refractivity contribution is -0.332. The van der Waals surface area contributed by atoms with Gasteiger partial charge >= 0.3 is 0 Å². The number of nitrogens with one attached hydrogen (secondary N) is 1. The van der Waals surface area contributed by atoms with Gasteiger partial charge in [0.25, 0.3) is 10.2 Å². The summed E-state index contributed by atoms with van der Waals surface area (Å²) >= 11 is 4.58. The summed E-state index contributed by atoms with van der Waals surface area (Å²) in [7, 11) is 6.41. The van der Waals surface area contributed by atoms with Gasteiger partial charge in [0.15, 0.2) is 23.0 Å². The Hall–Kier alpha value is -4.45. The van der Waals surface area contributed by atoms with Gasteiger partial charge in [0.1, 0.15) is 12.0 Å². The normalized spacial score (nSPS) is 17.5. The number of hydrogen-bond donors (Lipinski definition) is 2. The zero-order valence-corrected chi connectivity index (χ0v) is 39.3. The van der Waals surface area contributed by atoms with E-state index in [-0.39, 0.29) is 12.0 Å². The van der Waals surface area contributed by atoms with Gasteiger partial charge in [-0.2, -0.15) is 5.48 Å². The van der Waals surface area contributed by atoms with E-state index >= 15 is 0 Å². The van der Waals surface area contributed by atoms with Crippen LogP contribution in [0.3, 0.4) is 0 Å². The highest BCUT2D eigenvalue weighted by molar-refractivity contribution is 9.12. The van der Waals surface area contributed by atoms with Crippen LogP contribution in [0, 0.1) is 23.9 Å². The fraction of sp³-hybridized carbons (Fsp3) is 0.413. The third-order valence-electron chi connectivity index (χ3n) is 11.7. The van der Waals surface area contributed by atoms with E-state index < -0.39 is 21.1 Å². The van der Waals surface area contributed by atoms with Gasteiger partial charge in [0, 0.05) is 51.8 Å². The number of carbonyl (C=O) groups is 2. The molecule has 0 atom stereocenters. The first kappa shape index (κ1) is 47.6. The number of halogens is 1. The minimum Gasteiger partial charge on any atom is -0.493 e. The van der Waals surface area contributed by atoms with Crippen LogP contribution in [0.15, 0.2) is 69.9 Å². The van der Waals surface area contributed by atoms with Crippen LogP contribution in [0.5, 0.6) is 23.0 Å². The van der Waals surface area contributed by atoms with Crippen molar-refractivity contribution in [3.63, 3.8) is 0 Å². The van der Waals surface area contributed by atoms with Crippen LogP contribution in [-0.2, 0) is 29.7 Å². The molecule has 12 nitrogen and oxygen atoms in total. The Morgan fingerprint density at radius 2 is 1.46 bits per heavy atom. The van der Waals surface area contributed by atoms with E-state index in [2.05, 4.69) is 97.3 Å². The second-order valence-electron chi connectivity index (χ2n) is 14.2. The van der Waals surface area contributed by atoms with E-state index in [0.29, 0.717) is 41.6 Å². The molecule has 2 heterocycles. The molecule has 0 unspecified atom stereocenters. The molecule has 0 fully saturated rings. The van der Waals surface area contributed by atoms with Gasteiger partial charge < -0.3 is 23.5 Å². The maximum Gasteiger partial charge on any atom is 0.295 e. The van der Waals surface area contributed by atoms with E-state index in [9.17, 15) is 14.1 Å². The molecule has 2 N–H and O–H groups in total. The van der Waals surface area contributed by atoms with Crippen LogP contribution in [0.2, 0.25) is 0 Å². The summed E-state index contributed by atoms with van der Waals surface area (Å²) < 4.78 is 40.0. The summed E-state index contributed by atoms with van der Waals surface area (Å²) in [6.07, 6.45) is 14.1. The van der Waals surface area contributed by atoms with Gasteiger partial charge in [-0.25, -0.2) is 0 Å². The third kappa shape index (κ3) is 9.49. The number of nitrogens with zero attached hydrogens (tertiary/aromatic N) is 2. The van der Waals surface area contributed by atoms with Crippen molar-refractivity contribution in [1.29, 1.82) is 0 Å². The van der Waals surface area contributed by atoms with Crippen molar-refractivity contribution in [2.75, 3.05) is 39.9 Å². The number of methoxy groups -OCH3 is 4. The average molecular weight is 936 g/mol. The summed E-state index contributed by atoms with van der Waals surface area (Å²) in [5, 5.41) is -1.19. The number of allylic oxidation sites excluding steroid dienone is 8. The molecular weight excluding hydrogens is 883 g/mol. The van der Waals surface area contributed by atoms with E-state index in [4.69, 9.17) is 28.3 Å². The highest BCUT2D eigenvalue weighted by Crippen LogP contribution is 2.55. The quantitative estimate of drug-likeness (QED) is 0.0440. The number of carbonyl (C=O) groups excluding carboxylic acids is 2. The molecule has 0 spiro atoms. The summed E-state index contributed by atoms with van der Waals surface area (Å²) in [5.74, 6) is 7.61. The Morgan fingerprint density at radius 1 is 0.836 bits per heavy atom. The van der Waals surface area contributed by atoms with Crippen molar-refractivity contribution >= 4 is 67.3 Å². The zero-order chi connectivity index (χ0) is 44.3. The second-order valence-corrected chi connectivity index (χ2v) is 16.2. The molecule has 0 radical (unpaired) electrons. The van der Waals surface area contributed by atoms with Crippen molar-refractivity contribution in [3.05, 3.63) is 81.0 Å². The number of ether oxygens (including phenoxy) is 4. The van der Waals surface area contributed by atoms with Gasteiger partial charge in [0.2, 0.25) is 17.4 Å². The van der Waals surface area contributed by atoms with Crippen LogP contribution < -0.4 is 29.3 Å². The highest BCUT2D eigenvalue weighted by Gasteiger charge is 2.50. The SMILES string of the molecule is CCNOOSC(=O)C#CN1C(=CC=C2CCCC(C=CC3=[N+](C#CC(=O)SO)c4cc(OC)c(OC)cc4C3(CC)CC)=C2Br)C(CC)(CC)c2cc(OC)c(OC)cc21. The maximum absolute atomic E-state index is 12.8. The summed E-state index contributed by atoms with van der Waals surface area (Å²) in [5.41, 5.74) is 9.28. The van der Waals surface area contributed by atoms with Crippen LogP contribution in [0.25, 0.3) is 0 Å². The molecule has 0 aromatic heterocycles. The minimum atomic E-state index is -0.658. The highest BCUT2D eigenvalue weighted by atomic mass is 79.9. The van der Waals surface area contributed by atoms with E-state index in [1.54, 1.807) is 28.4 Å². The van der Waals surface area contributed by atoms with Crippen molar-refractivity contribution in [2.24, 2.45) is 0 Å². The number of anilines is 1. The molecule has 324 valence electrons. The molecule has 0 saturated heterocycles.